The van der Waals surface area contributed by atoms with Gasteiger partial charge in [-0.2, -0.15) is 5.10 Å². The van der Waals surface area contributed by atoms with Crippen LogP contribution in [0.15, 0.2) is 47.6 Å². The Morgan fingerprint density at radius 2 is 1.81 bits per heavy atom. The van der Waals surface area contributed by atoms with E-state index in [0.717, 1.165) is 0 Å². The number of hydrazone groups is 1. The summed E-state index contributed by atoms with van der Waals surface area (Å²) in [5.74, 6) is -1.51. The Kier molecular flexibility index (Phi) is 6.22. The van der Waals surface area contributed by atoms with E-state index in [-0.39, 0.29) is 36.8 Å². The summed E-state index contributed by atoms with van der Waals surface area (Å²) in [6.45, 7) is 2.45. The first kappa shape index (κ1) is 20.9. The number of nitrogens with zero attached hydrogens (tertiary/aromatic N) is 3. The highest BCUT2D eigenvalue weighted by Crippen LogP contribution is 2.24. The minimum atomic E-state index is -0.491. The van der Waals surface area contributed by atoms with Crippen LogP contribution in [0.25, 0.3) is 0 Å². The van der Waals surface area contributed by atoms with Crippen LogP contribution in [0.1, 0.15) is 18.4 Å². The van der Waals surface area contributed by atoms with Crippen LogP contribution in [0.2, 0.25) is 0 Å². The van der Waals surface area contributed by atoms with Crippen LogP contribution in [0.4, 0.5) is 20.2 Å². The summed E-state index contributed by atoms with van der Waals surface area (Å²) < 4.78 is 32.9. The maximum Gasteiger partial charge on any atom is 0.271 e. The highest BCUT2D eigenvalue weighted by Gasteiger charge is 2.25. The van der Waals surface area contributed by atoms with E-state index in [4.69, 9.17) is 4.74 Å². The van der Waals surface area contributed by atoms with Crippen LogP contribution >= 0.6 is 0 Å². The Hall–Kier alpha value is -3.33. The van der Waals surface area contributed by atoms with Crippen molar-refractivity contribution in [1.82, 2.24) is 5.01 Å². The summed E-state index contributed by atoms with van der Waals surface area (Å²) in [5.41, 5.74) is 1.65. The Balaban J connectivity index is 1.44. The van der Waals surface area contributed by atoms with Crippen molar-refractivity contribution in [2.75, 3.05) is 36.5 Å². The number of ether oxygens (including phenoxy) is 1. The lowest BCUT2D eigenvalue weighted by molar-refractivity contribution is -0.132. The molecule has 0 aromatic heterocycles. The molecule has 9 heteroatoms. The second kappa shape index (κ2) is 9.22. The zero-order chi connectivity index (χ0) is 21.8. The number of carbonyl (C=O) groups excluding carboxylic acids is 2. The summed E-state index contributed by atoms with van der Waals surface area (Å²) in [7, 11) is 0. The molecule has 2 aromatic rings. The minimum Gasteiger partial charge on any atom is -0.378 e. The van der Waals surface area contributed by atoms with Gasteiger partial charge in [-0.25, -0.2) is 13.8 Å². The number of halogens is 2. The fourth-order valence-corrected chi connectivity index (χ4v) is 3.50. The molecule has 2 aliphatic rings. The second-order valence-electron chi connectivity index (χ2n) is 7.34. The van der Waals surface area contributed by atoms with E-state index >= 15 is 0 Å². The van der Waals surface area contributed by atoms with Gasteiger partial charge in [0.05, 0.1) is 25.4 Å². The number of anilines is 2. The number of hydrogen-bond donors (Lipinski definition) is 1. The molecule has 2 heterocycles. The van der Waals surface area contributed by atoms with Gasteiger partial charge in [-0.15, -0.1) is 0 Å². The SMILES string of the molecule is O=C(Nc1ccc(N2CCOCC2)c(F)c1)C1=NN(Cc2ccc(F)cc2)C(=O)CC1. The number of rotatable bonds is 5. The van der Waals surface area contributed by atoms with E-state index in [1.807, 2.05) is 4.90 Å². The third kappa shape index (κ3) is 5.05. The topological polar surface area (TPSA) is 74.2 Å². The van der Waals surface area contributed by atoms with E-state index in [2.05, 4.69) is 10.4 Å². The maximum absolute atomic E-state index is 14.6. The molecule has 0 spiro atoms. The lowest BCUT2D eigenvalue weighted by Gasteiger charge is -2.29. The van der Waals surface area contributed by atoms with Crippen LogP contribution in [0.5, 0.6) is 0 Å². The van der Waals surface area contributed by atoms with Crippen molar-refractivity contribution in [3.05, 3.63) is 59.7 Å². The lowest BCUT2D eigenvalue weighted by Crippen LogP contribution is -2.37. The Morgan fingerprint density at radius 1 is 1.06 bits per heavy atom. The van der Waals surface area contributed by atoms with E-state index in [0.29, 0.717) is 43.2 Å². The van der Waals surface area contributed by atoms with E-state index in [1.165, 1.54) is 23.2 Å². The van der Waals surface area contributed by atoms with E-state index in [1.54, 1.807) is 24.3 Å². The first-order chi connectivity index (χ1) is 15.0. The molecule has 7 nitrogen and oxygen atoms in total. The van der Waals surface area contributed by atoms with Crippen LogP contribution in [0.3, 0.4) is 0 Å². The molecule has 0 saturated carbocycles. The summed E-state index contributed by atoms with van der Waals surface area (Å²) in [5, 5.41) is 8.02. The summed E-state index contributed by atoms with van der Waals surface area (Å²) in [4.78, 5) is 26.7. The van der Waals surface area contributed by atoms with Crippen molar-refractivity contribution in [2.45, 2.75) is 19.4 Å². The van der Waals surface area contributed by atoms with Crippen molar-refractivity contribution in [3.63, 3.8) is 0 Å². The van der Waals surface area contributed by atoms with Gasteiger partial charge in [-0.1, -0.05) is 12.1 Å². The number of hydrogen-bond acceptors (Lipinski definition) is 5. The molecule has 0 bridgehead atoms. The molecular formula is C22H22F2N4O3. The summed E-state index contributed by atoms with van der Waals surface area (Å²) in [6, 6.07) is 10.3. The predicted molar refractivity (Wildman–Crippen MR) is 112 cm³/mol. The molecule has 0 atom stereocenters. The van der Waals surface area contributed by atoms with Crippen LogP contribution in [0, 0.1) is 11.6 Å². The number of carbonyl (C=O) groups is 2. The molecule has 162 valence electrons. The van der Waals surface area contributed by atoms with Gasteiger partial charge in [-0.05, 0) is 35.9 Å². The Morgan fingerprint density at radius 3 is 2.52 bits per heavy atom. The van der Waals surface area contributed by atoms with Gasteiger partial charge in [-0.3, -0.25) is 9.59 Å². The molecule has 0 unspecified atom stereocenters. The van der Waals surface area contributed by atoms with E-state index < -0.39 is 11.7 Å². The molecule has 2 aliphatic heterocycles. The number of morpholine rings is 1. The molecule has 0 radical (unpaired) electrons. The average Bonchev–Trinajstić information content (AvgIpc) is 2.77. The van der Waals surface area contributed by atoms with Crippen molar-refractivity contribution in [3.8, 4) is 0 Å². The van der Waals surface area contributed by atoms with Crippen molar-refractivity contribution in [2.24, 2.45) is 5.10 Å². The summed E-state index contributed by atoms with van der Waals surface area (Å²) in [6.07, 6.45) is 0.330. The van der Waals surface area contributed by atoms with Crippen molar-refractivity contribution >= 4 is 28.9 Å². The van der Waals surface area contributed by atoms with Crippen LogP contribution in [-0.2, 0) is 20.9 Å². The van der Waals surface area contributed by atoms with Crippen LogP contribution in [-0.4, -0.2) is 48.8 Å². The normalized spacial score (nSPS) is 16.8. The first-order valence-electron chi connectivity index (χ1n) is 10.1. The lowest BCUT2D eigenvalue weighted by atomic mass is 10.1. The van der Waals surface area contributed by atoms with Gasteiger partial charge >= 0.3 is 0 Å². The fraction of sp³-hybridized carbons (Fsp3) is 0.318. The Labute approximate surface area is 178 Å². The van der Waals surface area contributed by atoms with Gasteiger partial charge in [0.2, 0.25) is 5.91 Å². The largest absolute Gasteiger partial charge is 0.378 e. The zero-order valence-corrected chi connectivity index (χ0v) is 16.8. The maximum atomic E-state index is 14.6. The fourth-order valence-electron chi connectivity index (χ4n) is 3.50. The third-order valence-corrected chi connectivity index (χ3v) is 5.17. The molecule has 2 amide bonds. The zero-order valence-electron chi connectivity index (χ0n) is 16.8. The monoisotopic (exact) mass is 428 g/mol. The minimum absolute atomic E-state index is 0.137. The molecule has 1 N–H and O–H groups in total. The number of amides is 2. The number of benzene rings is 2. The molecule has 2 aromatic carbocycles. The molecule has 0 aliphatic carbocycles. The number of nitrogens with one attached hydrogen (secondary N) is 1. The van der Waals surface area contributed by atoms with Crippen LogP contribution < -0.4 is 10.2 Å². The van der Waals surface area contributed by atoms with Gasteiger partial charge < -0.3 is 15.0 Å². The highest BCUT2D eigenvalue weighted by molar-refractivity contribution is 6.43. The molecule has 31 heavy (non-hydrogen) atoms. The molecular weight excluding hydrogens is 406 g/mol. The molecule has 1 saturated heterocycles. The van der Waals surface area contributed by atoms with Gasteiger partial charge in [0.15, 0.2) is 0 Å². The van der Waals surface area contributed by atoms with Gasteiger partial charge in [0.25, 0.3) is 5.91 Å². The first-order valence-corrected chi connectivity index (χ1v) is 10.1. The Bertz CT molecular complexity index is 1000. The van der Waals surface area contributed by atoms with Crippen molar-refractivity contribution in [1.29, 1.82) is 0 Å². The molecule has 4 rings (SSSR count). The quantitative estimate of drug-likeness (QED) is 0.795. The third-order valence-electron chi connectivity index (χ3n) is 5.17. The predicted octanol–water partition coefficient (Wildman–Crippen LogP) is 2.92. The van der Waals surface area contributed by atoms with Gasteiger partial charge in [0, 0.05) is 31.6 Å². The van der Waals surface area contributed by atoms with Crippen molar-refractivity contribution < 1.29 is 23.1 Å². The van der Waals surface area contributed by atoms with E-state index in [9.17, 15) is 18.4 Å². The highest BCUT2D eigenvalue weighted by atomic mass is 19.1. The standard InChI is InChI=1S/C22H22F2N4O3/c23-16-3-1-15(2-4-16)14-28-21(29)8-6-19(26-28)22(30)25-17-5-7-20(18(24)13-17)27-9-11-31-12-10-27/h1-5,7,13H,6,8-12,14H2,(H,25,30). The second-order valence-corrected chi connectivity index (χ2v) is 7.34. The molecule has 1 fully saturated rings. The average molecular weight is 428 g/mol. The van der Waals surface area contributed by atoms with Gasteiger partial charge in [0.1, 0.15) is 17.3 Å². The summed E-state index contributed by atoms with van der Waals surface area (Å²) >= 11 is 0. The smallest absolute Gasteiger partial charge is 0.271 e.